The molecule has 0 aliphatic carbocycles. The van der Waals surface area contributed by atoms with Gasteiger partial charge in [0.25, 0.3) is 5.56 Å². The molecule has 204 valence electrons. The van der Waals surface area contributed by atoms with E-state index in [0.29, 0.717) is 22.3 Å². The Labute approximate surface area is 226 Å². The first kappa shape index (κ1) is 29.8. The molecular weight excluding hydrogens is 527 g/mol. The molecule has 0 spiro atoms. The monoisotopic (exact) mass is 560 g/mol. The lowest BCUT2D eigenvalue weighted by molar-refractivity contribution is 0.103. The first-order valence-electron chi connectivity index (χ1n) is 12.2. The first-order chi connectivity index (χ1) is 17.6. The van der Waals surface area contributed by atoms with Gasteiger partial charge in [-0.15, -0.1) is 4.72 Å². The van der Waals surface area contributed by atoms with Gasteiger partial charge in [0, 0.05) is 53.1 Å². The van der Waals surface area contributed by atoms with Crippen LogP contribution in [0, 0.1) is 5.82 Å². The number of benzene rings is 2. The van der Waals surface area contributed by atoms with Gasteiger partial charge in [-0.1, -0.05) is 19.1 Å². The van der Waals surface area contributed by atoms with Crippen molar-refractivity contribution in [2.45, 2.75) is 51.2 Å². The number of rotatable bonds is 9. The van der Waals surface area contributed by atoms with Crippen LogP contribution in [0.15, 0.2) is 59.5 Å². The van der Waals surface area contributed by atoms with E-state index in [1.807, 2.05) is 20.8 Å². The maximum Gasteiger partial charge on any atom is 0.250 e. The minimum Gasteiger partial charge on any atom is -0.598 e. The Hall–Kier alpha value is -2.79. The van der Waals surface area contributed by atoms with Crippen LogP contribution in [-0.4, -0.2) is 33.8 Å². The number of hydrogen-bond acceptors (Lipinski definition) is 6. The predicted molar refractivity (Wildman–Crippen MR) is 150 cm³/mol. The molecule has 3 rings (SSSR count). The van der Waals surface area contributed by atoms with Crippen LogP contribution in [0.25, 0.3) is 11.1 Å². The molecule has 1 aromatic heterocycles. The minimum absolute atomic E-state index is 0.0384. The fraction of sp³-hybridized carbons (Fsp3) is 0.357. The van der Waals surface area contributed by atoms with Crippen molar-refractivity contribution in [2.75, 3.05) is 5.75 Å². The Kier molecular flexibility index (Phi) is 9.03. The molecule has 3 aromatic rings. The van der Waals surface area contributed by atoms with Crippen LogP contribution < -0.4 is 10.3 Å². The maximum atomic E-state index is 13.6. The Morgan fingerprint density at radius 3 is 2.32 bits per heavy atom. The van der Waals surface area contributed by atoms with E-state index in [0.717, 1.165) is 0 Å². The molecule has 1 unspecified atom stereocenters. The zero-order valence-electron chi connectivity index (χ0n) is 22.4. The summed E-state index contributed by atoms with van der Waals surface area (Å²) in [6.07, 6.45) is 1.59. The van der Waals surface area contributed by atoms with Gasteiger partial charge in [0.05, 0.1) is 11.8 Å². The Bertz CT molecular complexity index is 1490. The third-order valence-electron chi connectivity index (χ3n) is 6.12. The summed E-state index contributed by atoms with van der Waals surface area (Å²) >= 11 is -1.45. The molecule has 0 bridgehead atoms. The number of halogens is 1. The van der Waals surface area contributed by atoms with Crippen molar-refractivity contribution in [2.24, 2.45) is 7.05 Å². The van der Waals surface area contributed by atoms with Crippen LogP contribution in [0.5, 0.6) is 0 Å². The normalized spacial score (nSPS) is 13.8. The average molecular weight is 561 g/mol. The molecule has 0 saturated carbocycles. The quantitative estimate of drug-likeness (QED) is 0.306. The van der Waals surface area contributed by atoms with Gasteiger partial charge in [-0.05, 0) is 74.7 Å². The molecule has 2 aromatic carbocycles. The van der Waals surface area contributed by atoms with E-state index < -0.39 is 37.8 Å². The number of pyridine rings is 1. The Balaban J connectivity index is 2.26. The van der Waals surface area contributed by atoms with Crippen molar-refractivity contribution in [3.8, 4) is 11.1 Å². The molecule has 7 nitrogen and oxygen atoms in total. The average Bonchev–Trinajstić information content (AvgIpc) is 2.84. The van der Waals surface area contributed by atoms with Crippen molar-refractivity contribution in [3.05, 3.63) is 93.2 Å². The number of sulfone groups is 1. The minimum atomic E-state index is -3.37. The second kappa shape index (κ2) is 11.5. The lowest BCUT2D eigenvalue weighted by Crippen LogP contribution is -2.41. The van der Waals surface area contributed by atoms with Crippen molar-refractivity contribution >= 4 is 27.0 Å². The van der Waals surface area contributed by atoms with Gasteiger partial charge < -0.3 is 9.12 Å². The number of ketones is 1. The summed E-state index contributed by atoms with van der Waals surface area (Å²) in [6.45, 7) is 8.81. The molecule has 0 fully saturated rings. The fourth-order valence-corrected chi connectivity index (χ4v) is 5.54. The summed E-state index contributed by atoms with van der Waals surface area (Å²) in [5.41, 5.74) is 2.15. The predicted octanol–water partition coefficient (Wildman–Crippen LogP) is 4.47. The zero-order chi connectivity index (χ0) is 28.4. The molecule has 0 radical (unpaired) electrons. The molecule has 38 heavy (non-hydrogen) atoms. The van der Waals surface area contributed by atoms with E-state index in [2.05, 4.69) is 4.72 Å². The van der Waals surface area contributed by atoms with Crippen molar-refractivity contribution in [1.29, 1.82) is 0 Å². The third kappa shape index (κ3) is 6.99. The zero-order valence-corrected chi connectivity index (χ0v) is 24.0. The third-order valence-corrected chi connectivity index (χ3v) is 9.45. The summed E-state index contributed by atoms with van der Waals surface area (Å²) in [5, 5.41) is 0. The van der Waals surface area contributed by atoms with Crippen LogP contribution in [0.4, 0.5) is 4.39 Å². The van der Waals surface area contributed by atoms with E-state index in [1.54, 1.807) is 45.3 Å². The summed E-state index contributed by atoms with van der Waals surface area (Å²) < 4.78 is 55.0. The lowest BCUT2D eigenvalue weighted by atomic mass is 9.89. The van der Waals surface area contributed by atoms with Crippen LogP contribution >= 0.6 is 0 Å². The van der Waals surface area contributed by atoms with Gasteiger partial charge in [-0.3, -0.25) is 9.59 Å². The molecular formula is C28H33FN2O5S2. The van der Waals surface area contributed by atoms with Gasteiger partial charge in [-0.2, -0.15) is 0 Å². The molecule has 10 heteroatoms. The SMILES string of the molecule is CCS(=O)(=O)Cc1ccc(C(=O)c2ccc(F)cc2)c(-c2cn(C)c(=O)cc2C(C)N[S@@+]([O-])C(C)(C)C)c1. The molecule has 2 atom stereocenters. The van der Waals surface area contributed by atoms with E-state index in [9.17, 15) is 27.0 Å². The number of aryl methyl sites for hydroxylation is 1. The molecule has 1 heterocycles. The van der Waals surface area contributed by atoms with E-state index in [4.69, 9.17) is 0 Å². The topological polar surface area (TPSA) is 108 Å². The largest absolute Gasteiger partial charge is 0.598 e. The van der Waals surface area contributed by atoms with E-state index in [1.165, 1.54) is 34.9 Å². The Morgan fingerprint density at radius 1 is 1.11 bits per heavy atom. The fourth-order valence-electron chi connectivity index (χ4n) is 3.84. The highest BCUT2D eigenvalue weighted by Crippen LogP contribution is 2.33. The number of aromatic nitrogens is 1. The molecule has 1 N–H and O–H groups in total. The number of carbonyl (C=O) groups excluding carboxylic acids is 1. The standard InChI is InChI=1S/C28H33FN2O5S2/c1-7-38(35,36)17-19-8-13-22(27(33)20-9-11-21(29)12-10-20)24(14-19)25-16-31(6)26(32)15-23(25)18(2)30-37(34)28(3,4)5/h8-16,18,30H,7,17H2,1-6H3/t18?,37-/m0/s1. The molecule has 0 amide bonds. The molecule has 0 saturated heterocycles. The number of hydrogen-bond donors (Lipinski definition) is 1. The number of nitrogens with one attached hydrogen (secondary N) is 1. The van der Waals surface area contributed by atoms with E-state index in [-0.39, 0.29) is 34.0 Å². The second-order valence-corrected chi connectivity index (χ2v) is 14.6. The van der Waals surface area contributed by atoms with E-state index >= 15 is 0 Å². The molecule has 0 aliphatic heterocycles. The highest BCUT2D eigenvalue weighted by Gasteiger charge is 2.30. The molecule has 0 aliphatic rings. The smallest absolute Gasteiger partial charge is 0.250 e. The van der Waals surface area contributed by atoms with Crippen LogP contribution in [-0.2, 0) is 34.0 Å². The van der Waals surface area contributed by atoms with Crippen molar-refractivity contribution in [3.63, 3.8) is 0 Å². The number of carbonyl (C=O) groups is 1. The van der Waals surface area contributed by atoms with Crippen LogP contribution in [0.1, 0.15) is 67.7 Å². The summed E-state index contributed by atoms with van der Waals surface area (Å²) in [5.74, 6) is -1.12. The van der Waals surface area contributed by atoms with Gasteiger partial charge >= 0.3 is 0 Å². The number of nitrogens with zero attached hydrogens (tertiary/aromatic N) is 1. The summed E-state index contributed by atoms with van der Waals surface area (Å²) in [6, 6.07) is 10.8. The summed E-state index contributed by atoms with van der Waals surface area (Å²) in [4.78, 5) is 26.2. The van der Waals surface area contributed by atoms with Gasteiger partial charge in [-0.25, -0.2) is 12.8 Å². The van der Waals surface area contributed by atoms with Crippen molar-refractivity contribution in [1.82, 2.24) is 9.29 Å². The first-order valence-corrected chi connectivity index (χ1v) is 15.1. The van der Waals surface area contributed by atoms with Crippen LogP contribution in [0.3, 0.4) is 0 Å². The van der Waals surface area contributed by atoms with Gasteiger partial charge in [0.1, 0.15) is 10.6 Å². The second-order valence-electron chi connectivity index (χ2n) is 10.2. The Morgan fingerprint density at radius 2 is 1.74 bits per heavy atom. The highest BCUT2D eigenvalue weighted by molar-refractivity contribution is 7.91. The van der Waals surface area contributed by atoms with Crippen LogP contribution in [0.2, 0.25) is 0 Å². The van der Waals surface area contributed by atoms with Crippen molar-refractivity contribution < 1.29 is 22.2 Å². The highest BCUT2D eigenvalue weighted by atomic mass is 32.2. The maximum absolute atomic E-state index is 13.6. The lowest BCUT2D eigenvalue weighted by Gasteiger charge is -2.27. The van der Waals surface area contributed by atoms with Gasteiger partial charge in [0.15, 0.2) is 15.6 Å². The summed E-state index contributed by atoms with van der Waals surface area (Å²) in [7, 11) is -1.79. The van der Waals surface area contributed by atoms with Gasteiger partial charge in [0.2, 0.25) is 0 Å².